The van der Waals surface area contributed by atoms with Crippen molar-refractivity contribution in [3.8, 4) is 55.6 Å². The Morgan fingerprint density at radius 3 is 1.55 bits per heavy atom. The van der Waals surface area contributed by atoms with Gasteiger partial charge >= 0.3 is 0 Å². The second-order valence-corrected chi connectivity index (χ2v) is 17.1. The minimum Gasteiger partial charge on any atom is -0.310 e. The SMILES string of the molecule is CC1(C)c2cc(N(c3ccc(-c4cccc5c4CCCC5)cc3)c3ccc(-c4c(-c5ccccc5)cccc4-c4ccccc4)cc3)ccc2-c2cc3ccccc3cc21. The van der Waals surface area contributed by atoms with Crippen molar-refractivity contribution < 1.29 is 0 Å². The molecule has 1 nitrogen and oxygen atoms in total. The molecular weight excluding hydrogens is 723 g/mol. The maximum absolute atomic E-state index is 2.45. The topological polar surface area (TPSA) is 3.24 Å². The molecule has 60 heavy (non-hydrogen) atoms. The Morgan fingerprint density at radius 1 is 0.367 bits per heavy atom. The van der Waals surface area contributed by atoms with Crippen molar-refractivity contribution in [2.24, 2.45) is 0 Å². The van der Waals surface area contributed by atoms with Crippen LogP contribution in [0.1, 0.15) is 48.9 Å². The monoisotopic (exact) mass is 769 g/mol. The molecule has 0 saturated carbocycles. The van der Waals surface area contributed by atoms with Crippen molar-refractivity contribution >= 4 is 27.8 Å². The van der Waals surface area contributed by atoms with E-state index in [1.807, 2.05) is 0 Å². The molecule has 0 saturated heterocycles. The fraction of sp³-hybridized carbons (Fsp3) is 0.119. The van der Waals surface area contributed by atoms with Gasteiger partial charge < -0.3 is 4.90 Å². The molecule has 0 fully saturated rings. The van der Waals surface area contributed by atoms with Gasteiger partial charge in [0.05, 0.1) is 0 Å². The zero-order valence-corrected chi connectivity index (χ0v) is 34.3. The third-order valence-corrected chi connectivity index (χ3v) is 13.3. The molecule has 0 atom stereocenters. The molecule has 0 radical (unpaired) electrons. The van der Waals surface area contributed by atoms with E-state index in [-0.39, 0.29) is 5.41 Å². The lowest BCUT2D eigenvalue weighted by molar-refractivity contribution is 0.661. The molecule has 0 unspecified atom stereocenters. The van der Waals surface area contributed by atoms with Crippen LogP contribution >= 0.6 is 0 Å². The summed E-state index contributed by atoms with van der Waals surface area (Å²) in [5, 5.41) is 2.58. The molecule has 9 aromatic carbocycles. The second-order valence-electron chi connectivity index (χ2n) is 17.1. The summed E-state index contributed by atoms with van der Waals surface area (Å²) in [7, 11) is 0. The van der Waals surface area contributed by atoms with Crippen molar-refractivity contribution in [1.82, 2.24) is 0 Å². The summed E-state index contributed by atoms with van der Waals surface area (Å²) < 4.78 is 0. The molecule has 288 valence electrons. The Morgan fingerprint density at radius 2 is 0.883 bits per heavy atom. The Hall–Kier alpha value is -6.96. The summed E-state index contributed by atoms with van der Waals surface area (Å²) >= 11 is 0. The van der Waals surface area contributed by atoms with E-state index in [9.17, 15) is 0 Å². The third-order valence-electron chi connectivity index (χ3n) is 13.3. The fourth-order valence-electron chi connectivity index (χ4n) is 10.2. The first-order chi connectivity index (χ1) is 29.5. The third kappa shape index (κ3) is 6.16. The smallest absolute Gasteiger partial charge is 0.0465 e. The predicted octanol–water partition coefficient (Wildman–Crippen LogP) is 16.2. The summed E-state index contributed by atoms with van der Waals surface area (Å²) in [6.45, 7) is 4.78. The lowest BCUT2D eigenvalue weighted by Crippen LogP contribution is -2.16. The molecule has 0 N–H and O–H groups in total. The molecule has 0 aromatic heterocycles. The highest BCUT2D eigenvalue weighted by Crippen LogP contribution is 2.52. The Balaban J connectivity index is 1.05. The van der Waals surface area contributed by atoms with E-state index in [1.165, 1.54) is 108 Å². The molecule has 0 aliphatic heterocycles. The number of aryl methyl sites for hydroxylation is 1. The number of benzene rings is 9. The average molecular weight is 770 g/mol. The zero-order chi connectivity index (χ0) is 40.2. The van der Waals surface area contributed by atoms with Crippen LogP contribution in [0.2, 0.25) is 0 Å². The highest BCUT2D eigenvalue weighted by Gasteiger charge is 2.36. The van der Waals surface area contributed by atoms with Crippen LogP contribution in [0.25, 0.3) is 66.4 Å². The number of fused-ring (bicyclic) bond motifs is 5. The lowest BCUT2D eigenvalue weighted by Gasteiger charge is -2.29. The van der Waals surface area contributed by atoms with Gasteiger partial charge in [-0.2, -0.15) is 0 Å². The van der Waals surface area contributed by atoms with Gasteiger partial charge in [-0.25, -0.2) is 0 Å². The average Bonchev–Trinajstić information content (AvgIpc) is 3.53. The summed E-state index contributed by atoms with van der Waals surface area (Å²) in [4.78, 5) is 2.45. The lowest BCUT2D eigenvalue weighted by atomic mass is 9.81. The largest absolute Gasteiger partial charge is 0.310 e. The van der Waals surface area contributed by atoms with Crippen LogP contribution in [0.5, 0.6) is 0 Å². The highest BCUT2D eigenvalue weighted by molar-refractivity contribution is 5.96. The molecule has 0 bridgehead atoms. The van der Waals surface area contributed by atoms with E-state index in [4.69, 9.17) is 0 Å². The van der Waals surface area contributed by atoms with Gasteiger partial charge in [0.2, 0.25) is 0 Å². The van der Waals surface area contributed by atoms with Gasteiger partial charge in [-0.05, 0) is 163 Å². The molecule has 9 aromatic rings. The van der Waals surface area contributed by atoms with Gasteiger partial charge in [-0.1, -0.05) is 166 Å². The first kappa shape index (κ1) is 36.1. The van der Waals surface area contributed by atoms with Crippen LogP contribution in [0.4, 0.5) is 17.1 Å². The minimum atomic E-state index is -0.147. The van der Waals surface area contributed by atoms with Crippen LogP contribution in [0.15, 0.2) is 200 Å². The summed E-state index contributed by atoms with van der Waals surface area (Å²) in [5.41, 5.74) is 21.8. The molecule has 0 heterocycles. The first-order valence-corrected chi connectivity index (χ1v) is 21.6. The van der Waals surface area contributed by atoms with E-state index in [1.54, 1.807) is 0 Å². The van der Waals surface area contributed by atoms with Gasteiger partial charge in [0.25, 0.3) is 0 Å². The minimum absolute atomic E-state index is 0.147. The number of hydrogen-bond donors (Lipinski definition) is 0. The van der Waals surface area contributed by atoms with Gasteiger partial charge in [-0.3, -0.25) is 0 Å². The van der Waals surface area contributed by atoms with Gasteiger partial charge in [0.15, 0.2) is 0 Å². The Kier molecular flexibility index (Phi) is 8.85. The van der Waals surface area contributed by atoms with Crippen LogP contribution in [0, 0.1) is 0 Å². The normalized spacial score (nSPS) is 13.7. The maximum atomic E-state index is 2.45. The van der Waals surface area contributed by atoms with Crippen molar-refractivity contribution in [3.63, 3.8) is 0 Å². The maximum Gasteiger partial charge on any atom is 0.0465 e. The molecule has 2 aliphatic carbocycles. The fourth-order valence-corrected chi connectivity index (χ4v) is 10.2. The first-order valence-electron chi connectivity index (χ1n) is 21.6. The zero-order valence-electron chi connectivity index (χ0n) is 34.3. The van der Waals surface area contributed by atoms with Crippen LogP contribution in [-0.4, -0.2) is 0 Å². The highest BCUT2D eigenvalue weighted by atomic mass is 15.1. The van der Waals surface area contributed by atoms with E-state index in [0.717, 1.165) is 23.5 Å². The molecular formula is C59H47N. The van der Waals surface area contributed by atoms with Crippen LogP contribution in [-0.2, 0) is 18.3 Å². The van der Waals surface area contributed by atoms with E-state index < -0.39 is 0 Å². The van der Waals surface area contributed by atoms with Crippen molar-refractivity contribution in [3.05, 3.63) is 222 Å². The number of anilines is 3. The van der Waals surface area contributed by atoms with Gasteiger partial charge in [0, 0.05) is 22.5 Å². The summed E-state index contributed by atoms with van der Waals surface area (Å²) in [6.07, 6.45) is 4.90. The molecule has 2 aliphatic rings. The number of nitrogens with zero attached hydrogens (tertiary/aromatic N) is 1. The van der Waals surface area contributed by atoms with Gasteiger partial charge in [0.1, 0.15) is 0 Å². The molecule has 0 amide bonds. The van der Waals surface area contributed by atoms with Crippen molar-refractivity contribution in [2.45, 2.75) is 44.9 Å². The summed E-state index contributed by atoms with van der Waals surface area (Å²) in [5.74, 6) is 0. The predicted molar refractivity (Wildman–Crippen MR) is 255 cm³/mol. The summed E-state index contributed by atoms with van der Waals surface area (Å²) in [6, 6.07) is 74.5. The van der Waals surface area contributed by atoms with E-state index in [0.29, 0.717) is 0 Å². The van der Waals surface area contributed by atoms with E-state index >= 15 is 0 Å². The number of hydrogen-bond acceptors (Lipinski definition) is 1. The van der Waals surface area contributed by atoms with Crippen molar-refractivity contribution in [1.29, 1.82) is 0 Å². The van der Waals surface area contributed by atoms with Crippen LogP contribution in [0.3, 0.4) is 0 Å². The van der Waals surface area contributed by atoms with Crippen LogP contribution < -0.4 is 4.90 Å². The quantitative estimate of drug-likeness (QED) is 0.156. The molecule has 11 rings (SSSR count). The molecule has 0 spiro atoms. The standard InChI is InChI=1S/C59H47N/c1-59(2)56-38-46-21-10-9-20-45(46)37-55(56)54-36-35-49(39-57(54)59)60(47-31-27-43(28-32-47)51-24-13-22-40-19-11-12-23-50(40)51)48-33-29-44(30-34-48)58-52(41-15-5-3-6-16-41)25-14-26-53(58)42-17-7-4-8-18-42/h3-10,13-18,20-22,24-39H,11-12,19,23H2,1-2H3. The van der Waals surface area contributed by atoms with E-state index in [2.05, 4.69) is 219 Å². The number of rotatable bonds is 7. The Bertz CT molecular complexity index is 2970. The molecule has 1 heteroatoms. The van der Waals surface area contributed by atoms with Gasteiger partial charge in [-0.15, -0.1) is 0 Å². The Labute approximate surface area is 354 Å². The second kappa shape index (κ2) is 14.7. The van der Waals surface area contributed by atoms with Crippen molar-refractivity contribution in [2.75, 3.05) is 4.90 Å².